The van der Waals surface area contributed by atoms with E-state index >= 15 is 0 Å². The predicted molar refractivity (Wildman–Crippen MR) is 73.5 cm³/mol. The molecule has 0 atom stereocenters. The van der Waals surface area contributed by atoms with Crippen molar-refractivity contribution in [2.24, 2.45) is 0 Å². The van der Waals surface area contributed by atoms with Crippen molar-refractivity contribution in [2.75, 3.05) is 32.5 Å². The van der Waals surface area contributed by atoms with Crippen LogP contribution in [0.25, 0.3) is 0 Å². The lowest BCUT2D eigenvalue weighted by Gasteiger charge is -2.35. The van der Waals surface area contributed by atoms with Crippen LogP contribution in [0.2, 0.25) is 0 Å². The molecule has 1 aromatic heterocycles. The maximum Gasteiger partial charge on any atom is 0.246 e. The first-order valence-electron chi connectivity index (χ1n) is 6.31. The molecule has 8 heteroatoms. The maximum atomic E-state index is 12.4. The molecule has 20 heavy (non-hydrogen) atoms. The largest absolute Gasteiger partial charge is 0.398 e. The molecule has 7 nitrogen and oxygen atoms in total. The summed E-state index contributed by atoms with van der Waals surface area (Å²) >= 11 is 0. The highest BCUT2D eigenvalue weighted by Crippen LogP contribution is 2.25. The first-order chi connectivity index (χ1) is 9.35. The van der Waals surface area contributed by atoms with E-state index in [0.29, 0.717) is 26.1 Å². The molecule has 0 spiro atoms. The Balaban J connectivity index is 2.19. The number of sulfonamides is 1. The van der Waals surface area contributed by atoms with Gasteiger partial charge in [-0.1, -0.05) is 0 Å². The molecule has 0 saturated carbocycles. The minimum Gasteiger partial charge on any atom is -0.398 e. The second-order valence-corrected chi connectivity index (χ2v) is 7.02. The number of pyridine rings is 1. The van der Waals surface area contributed by atoms with Crippen molar-refractivity contribution in [3.63, 3.8) is 0 Å². The van der Waals surface area contributed by atoms with Crippen molar-refractivity contribution in [3.8, 4) is 0 Å². The molecular weight excluding hydrogens is 282 g/mol. The molecule has 0 bridgehead atoms. The van der Waals surface area contributed by atoms with Crippen LogP contribution in [0.3, 0.4) is 0 Å². The van der Waals surface area contributed by atoms with Crippen LogP contribution in [0.4, 0.5) is 5.69 Å². The van der Waals surface area contributed by atoms with Crippen LogP contribution < -0.4 is 5.73 Å². The summed E-state index contributed by atoms with van der Waals surface area (Å²) in [5.41, 5.74) is 4.77. The van der Waals surface area contributed by atoms with Gasteiger partial charge >= 0.3 is 0 Å². The highest BCUT2D eigenvalue weighted by molar-refractivity contribution is 7.89. The Morgan fingerprint density at radius 1 is 1.50 bits per heavy atom. The van der Waals surface area contributed by atoms with E-state index in [9.17, 15) is 13.5 Å². The molecule has 0 amide bonds. The maximum absolute atomic E-state index is 12.4. The summed E-state index contributed by atoms with van der Waals surface area (Å²) in [7, 11) is -2.34. The zero-order valence-corrected chi connectivity index (χ0v) is 12.1. The number of likely N-dealkylation sites (N-methyl/N-ethyl adjacent to an activating group) is 1. The highest BCUT2D eigenvalue weighted by Gasteiger charge is 2.35. The van der Waals surface area contributed by atoms with Crippen molar-refractivity contribution in [1.82, 2.24) is 9.29 Å². The molecule has 2 rings (SSSR count). The van der Waals surface area contributed by atoms with Gasteiger partial charge in [0.25, 0.3) is 0 Å². The van der Waals surface area contributed by atoms with Crippen LogP contribution in [-0.2, 0) is 14.8 Å². The van der Waals surface area contributed by atoms with Crippen LogP contribution >= 0.6 is 0 Å². The first kappa shape index (κ1) is 15.2. The second-order valence-electron chi connectivity index (χ2n) is 5.01. The smallest absolute Gasteiger partial charge is 0.246 e. The lowest BCUT2D eigenvalue weighted by atomic mass is 9.95. The quantitative estimate of drug-likeness (QED) is 0.799. The Hall–Kier alpha value is -1.22. The van der Waals surface area contributed by atoms with Gasteiger partial charge in [-0.15, -0.1) is 0 Å². The number of nitrogens with zero attached hydrogens (tertiary/aromatic N) is 2. The van der Waals surface area contributed by atoms with Crippen molar-refractivity contribution in [1.29, 1.82) is 0 Å². The van der Waals surface area contributed by atoms with Crippen LogP contribution in [0.5, 0.6) is 0 Å². The summed E-state index contributed by atoms with van der Waals surface area (Å²) in [5.74, 6) is 0. The van der Waals surface area contributed by atoms with Crippen molar-refractivity contribution < 1.29 is 18.3 Å². The average Bonchev–Trinajstić information content (AvgIpc) is 2.39. The van der Waals surface area contributed by atoms with Crippen LogP contribution in [0, 0.1) is 0 Å². The number of aromatic nitrogens is 1. The van der Waals surface area contributed by atoms with Gasteiger partial charge in [0, 0.05) is 52.0 Å². The monoisotopic (exact) mass is 301 g/mol. The summed E-state index contributed by atoms with van der Waals surface area (Å²) in [6.45, 7) is 0.867. The predicted octanol–water partition coefficient (Wildman–Crippen LogP) is -0.174. The van der Waals surface area contributed by atoms with E-state index in [2.05, 4.69) is 4.98 Å². The molecule has 0 radical (unpaired) electrons. The van der Waals surface area contributed by atoms with Gasteiger partial charge in [-0.25, -0.2) is 8.42 Å². The van der Waals surface area contributed by atoms with Gasteiger partial charge in [0.15, 0.2) is 0 Å². The number of hydrogen-bond donors (Lipinski definition) is 2. The standard InChI is InChI=1S/C12H19N3O4S/c1-15(9-12(16)3-6-19-7-4-12)20(17,18)11-8-14-5-2-10(11)13/h2,5,8,16H,3-4,6-7,9H2,1H3,(H2,13,14). The lowest BCUT2D eigenvalue weighted by molar-refractivity contribution is -0.0689. The zero-order chi connectivity index (χ0) is 14.8. The number of nitrogens with two attached hydrogens (primary N) is 1. The summed E-state index contributed by atoms with van der Waals surface area (Å²) in [6, 6.07) is 1.43. The summed E-state index contributed by atoms with van der Waals surface area (Å²) in [5, 5.41) is 10.4. The van der Waals surface area contributed by atoms with Crippen LogP contribution in [-0.4, -0.2) is 55.2 Å². The molecule has 1 aliphatic rings. The summed E-state index contributed by atoms with van der Waals surface area (Å²) in [6.07, 6.45) is 3.47. The topological polar surface area (TPSA) is 106 Å². The first-order valence-corrected chi connectivity index (χ1v) is 7.75. The molecule has 0 unspecified atom stereocenters. The SMILES string of the molecule is CN(CC1(O)CCOCC1)S(=O)(=O)c1cnccc1N. The Bertz CT molecular complexity index is 570. The number of nitrogen functional groups attached to an aromatic ring is 1. The molecule has 2 heterocycles. The van der Waals surface area contributed by atoms with Gasteiger partial charge in [0.2, 0.25) is 10.0 Å². The number of anilines is 1. The van der Waals surface area contributed by atoms with Crippen molar-refractivity contribution in [3.05, 3.63) is 18.5 Å². The van der Waals surface area contributed by atoms with Gasteiger partial charge in [-0.05, 0) is 6.07 Å². The fourth-order valence-electron chi connectivity index (χ4n) is 2.18. The van der Waals surface area contributed by atoms with Gasteiger partial charge in [0.05, 0.1) is 11.3 Å². The normalized spacial score (nSPS) is 19.1. The van der Waals surface area contributed by atoms with Crippen LogP contribution in [0.15, 0.2) is 23.4 Å². The lowest BCUT2D eigenvalue weighted by Crippen LogP contribution is -2.47. The minimum absolute atomic E-state index is 0.00697. The van der Waals surface area contributed by atoms with E-state index < -0.39 is 15.6 Å². The molecule has 1 saturated heterocycles. The molecule has 1 fully saturated rings. The van der Waals surface area contributed by atoms with E-state index in [1.165, 1.54) is 25.5 Å². The van der Waals surface area contributed by atoms with Gasteiger partial charge in [0.1, 0.15) is 4.90 Å². The van der Waals surface area contributed by atoms with E-state index in [4.69, 9.17) is 10.5 Å². The minimum atomic E-state index is -3.76. The Kier molecular flexibility index (Phi) is 4.28. The van der Waals surface area contributed by atoms with E-state index in [0.717, 1.165) is 4.31 Å². The van der Waals surface area contributed by atoms with Gasteiger partial charge < -0.3 is 15.6 Å². The number of rotatable bonds is 4. The Morgan fingerprint density at radius 3 is 2.75 bits per heavy atom. The second kappa shape index (κ2) is 5.65. The summed E-state index contributed by atoms with van der Waals surface area (Å²) in [4.78, 5) is 3.75. The summed E-state index contributed by atoms with van der Waals surface area (Å²) < 4.78 is 31.2. The molecular formula is C12H19N3O4S. The van der Waals surface area contributed by atoms with E-state index in [1.807, 2.05) is 0 Å². The third-order valence-corrected chi connectivity index (χ3v) is 5.29. The third kappa shape index (κ3) is 3.09. The number of aliphatic hydroxyl groups is 1. The highest BCUT2D eigenvalue weighted by atomic mass is 32.2. The molecule has 3 N–H and O–H groups in total. The molecule has 1 aromatic rings. The molecule has 1 aliphatic heterocycles. The fraction of sp³-hybridized carbons (Fsp3) is 0.583. The zero-order valence-electron chi connectivity index (χ0n) is 11.3. The molecule has 0 aliphatic carbocycles. The van der Waals surface area contributed by atoms with Crippen molar-refractivity contribution in [2.45, 2.75) is 23.3 Å². The van der Waals surface area contributed by atoms with Gasteiger partial charge in [-0.3, -0.25) is 4.98 Å². The Morgan fingerprint density at radius 2 is 2.15 bits per heavy atom. The Labute approximate surface area is 118 Å². The van der Waals surface area contributed by atoms with Crippen molar-refractivity contribution >= 4 is 15.7 Å². The van der Waals surface area contributed by atoms with Crippen LogP contribution in [0.1, 0.15) is 12.8 Å². The van der Waals surface area contributed by atoms with E-state index in [1.54, 1.807) is 0 Å². The fourth-order valence-corrected chi connectivity index (χ4v) is 3.49. The third-order valence-electron chi connectivity index (χ3n) is 3.45. The molecule has 112 valence electrons. The van der Waals surface area contributed by atoms with E-state index in [-0.39, 0.29) is 17.1 Å². The molecule has 0 aromatic carbocycles. The average molecular weight is 301 g/mol. The number of hydrogen-bond acceptors (Lipinski definition) is 6. The number of ether oxygens (including phenoxy) is 1. The van der Waals surface area contributed by atoms with Gasteiger partial charge in [-0.2, -0.15) is 4.31 Å².